The number of ether oxygens (including phenoxy) is 11. The molecular weight excluding hydrogens is 972 g/mol. The molecule has 6 aliphatic rings. The van der Waals surface area contributed by atoms with E-state index in [1.807, 2.05) is 0 Å². The number of aliphatic hydroxyl groups is 16. The predicted molar refractivity (Wildman–Crippen MR) is 220 cm³/mol. The highest BCUT2D eigenvalue weighted by Crippen LogP contribution is 2.36. The molecule has 2 amide bonds. The second-order valence-electron chi connectivity index (χ2n) is 18.2. The second-order valence-corrected chi connectivity index (χ2v) is 18.2. The van der Waals surface area contributed by atoms with Gasteiger partial charge in [-0.15, -0.1) is 0 Å². The molecule has 0 bridgehead atoms. The maximum absolute atomic E-state index is 12.9. The van der Waals surface area contributed by atoms with E-state index in [-0.39, 0.29) is 0 Å². The second kappa shape index (κ2) is 24.7. The molecule has 31 heteroatoms. The van der Waals surface area contributed by atoms with E-state index in [1.165, 1.54) is 13.8 Å². The van der Waals surface area contributed by atoms with Crippen molar-refractivity contribution in [2.24, 2.45) is 0 Å². The molecule has 0 aromatic carbocycles. The van der Waals surface area contributed by atoms with Crippen molar-refractivity contribution in [3.63, 3.8) is 0 Å². The molecule has 0 radical (unpaired) electrons. The van der Waals surface area contributed by atoms with Gasteiger partial charge in [0.05, 0.1) is 38.6 Å². The van der Waals surface area contributed by atoms with Crippen LogP contribution in [0.1, 0.15) is 27.7 Å². The summed E-state index contributed by atoms with van der Waals surface area (Å²) in [5.41, 5.74) is 0. The zero-order valence-electron chi connectivity index (χ0n) is 38.6. The van der Waals surface area contributed by atoms with E-state index in [0.29, 0.717) is 0 Å². The van der Waals surface area contributed by atoms with E-state index < -0.39 is 222 Å². The van der Waals surface area contributed by atoms with Gasteiger partial charge in [-0.1, -0.05) is 0 Å². The average Bonchev–Trinajstić information content (AvgIpc) is 3.33. The Morgan fingerprint density at radius 3 is 1.31 bits per heavy atom. The Morgan fingerprint density at radius 2 is 0.803 bits per heavy atom. The normalized spacial score (nSPS) is 50.8. The number of aliphatic hydroxyl groups excluding tert-OH is 16. The maximum atomic E-state index is 12.9. The molecule has 30 atom stereocenters. The van der Waals surface area contributed by atoms with Gasteiger partial charge >= 0.3 is 0 Å². The molecule has 6 aliphatic heterocycles. The van der Waals surface area contributed by atoms with Gasteiger partial charge in [-0.05, 0) is 13.8 Å². The van der Waals surface area contributed by atoms with Crippen LogP contribution in [0.3, 0.4) is 0 Å². The van der Waals surface area contributed by atoms with Crippen LogP contribution in [0.15, 0.2) is 0 Å². The summed E-state index contributed by atoms with van der Waals surface area (Å²) in [6.45, 7) is 1.02. The Morgan fingerprint density at radius 1 is 0.394 bits per heavy atom. The van der Waals surface area contributed by atoms with Crippen molar-refractivity contribution in [2.75, 3.05) is 26.4 Å². The first kappa shape index (κ1) is 58.1. The van der Waals surface area contributed by atoms with Crippen molar-refractivity contribution in [3.05, 3.63) is 0 Å². The van der Waals surface area contributed by atoms with Crippen LogP contribution < -0.4 is 10.6 Å². The fourth-order valence-corrected chi connectivity index (χ4v) is 9.08. The SMILES string of the molecule is CC(=O)N[C@H]1[C@H](OC[C@H]2OC(O)[C@H](NC(C)=O)[C@@H](O[C@@H]3O[C@H](CO)[C@H](O)[C@H](O)[C@H]3O[C@@H]3O[C@@H](C)[C@@H](O)[C@@H](O)[C@@H]3O)[C@H]2O)O[C@H](CO)[C@@H](O[C@@H]2O[C@@H](C)[C@@H](O)[C@@H](O)[C@@H]2O)[C@@H]1O[C@@H]1O[C@H](CO)[C@H](O)[C@H](O)[C@H]1O. The summed E-state index contributed by atoms with van der Waals surface area (Å²) in [6, 6.07) is -3.39. The fourth-order valence-electron chi connectivity index (χ4n) is 9.08. The largest absolute Gasteiger partial charge is 0.394 e. The van der Waals surface area contributed by atoms with Gasteiger partial charge < -0.3 is 144 Å². The maximum Gasteiger partial charge on any atom is 0.217 e. The lowest BCUT2D eigenvalue weighted by atomic mass is 9.94. The Kier molecular flexibility index (Phi) is 20.2. The highest BCUT2D eigenvalue weighted by molar-refractivity contribution is 5.73. The fraction of sp³-hybridized carbons (Fsp3) is 0.950. The molecular formula is C40H68N2O29. The first-order chi connectivity index (χ1) is 33.4. The summed E-state index contributed by atoms with van der Waals surface area (Å²) < 4.78 is 64.1. The Labute approximate surface area is 403 Å². The summed E-state index contributed by atoms with van der Waals surface area (Å²) in [4.78, 5) is 25.3. The molecule has 6 heterocycles. The number of nitrogens with one attached hydrogen (secondary N) is 2. The van der Waals surface area contributed by atoms with Crippen LogP contribution in [0.4, 0.5) is 0 Å². The van der Waals surface area contributed by atoms with Crippen molar-refractivity contribution in [1.29, 1.82) is 0 Å². The van der Waals surface area contributed by atoms with Crippen molar-refractivity contribution >= 4 is 11.8 Å². The minimum atomic E-state index is -2.09. The van der Waals surface area contributed by atoms with E-state index in [1.54, 1.807) is 0 Å². The summed E-state index contributed by atoms with van der Waals surface area (Å²) >= 11 is 0. The van der Waals surface area contributed by atoms with E-state index in [2.05, 4.69) is 10.6 Å². The molecule has 18 N–H and O–H groups in total. The van der Waals surface area contributed by atoms with Crippen LogP contribution in [-0.2, 0) is 61.7 Å². The third-order valence-electron chi connectivity index (χ3n) is 13.1. The van der Waals surface area contributed by atoms with Gasteiger partial charge in [0.1, 0.15) is 134 Å². The summed E-state index contributed by atoms with van der Waals surface area (Å²) in [7, 11) is 0. The van der Waals surface area contributed by atoms with Gasteiger partial charge in [0, 0.05) is 13.8 Å². The van der Waals surface area contributed by atoms with Gasteiger partial charge in [-0.2, -0.15) is 0 Å². The number of hydrogen-bond donors (Lipinski definition) is 18. The van der Waals surface area contributed by atoms with Crippen LogP contribution in [0, 0.1) is 0 Å². The first-order valence-corrected chi connectivity index (χ1v) is 22.8. The van der Waals surface area contributed by atoms with E-state index in [9.17, 15) is 91.3 Å². The van der Waals surface area contributed by atoms with Crippen molar-refractivity contribution < 1.29 is 143 Å². The first-order valence-electron chi connectivity index (χ1n) is 22.8. The van der Waals surface area contributed by atoms with Gasteiger partial charge in [-0.3, -0.25) is 9.59 Å². The molecule has 0 spiro atoms. The molecule has 71 heavy (non-hydrogen) atoms. The van der Waals surface area contributed by atoms with Crippen LogP contribution in [0.25, 0.3) is 0 Å². The molecule has 0 aliphatic carbocycles. The highest BCUT2D eigenvalue weighted by atomic mass is 16.8. The van der Waals surface area contributed by atoms with E-state index >= 15 is 0 Å². The van der Waals surface area contributed by atoms with Gasteiger partial charge in [-0.25, -0.2) is 0 Å². The summed E-state index contributed by atoms with van der Waals surface area (Å²) in [5.74, 6) is -1.62. The molecule has 6 rings (SSSR count). The lowest BCUT2D eigenvalue weighted by molar-refractivity contribution is -0.383. The topological polar surface area (TPSA) is 483 Å². The molecule has 0 saturated carbocycles. The summed E-state index contributed by atoms with van der Waals surface area (Å²) in [6.07, 6.45) is -50.4. The average molecular weight is 1040 g/mol. The van der Waals surface area contributed by atoms with Gasteiger partial charge in [0.15, 0.2) is 37.7 Å². The quantitative estimate of drug-likeness (QED) is 0.0682. The molecule has 6 saturated heterocycles. The Balaban J connectivity index is 1.29. The molecule has 0 aromatic rings. The number of carbonyl (C=O) groups excluding carboxylic acids is 2. The van der Waals surface area contributed by atoms with Gasteiger partial charge in [0.2, 0.25) is 11.8 Å². The standard InChI is InChI=1S/C40H68N2O29/c1-9-19(48)24(53)28(57)37(62-9)68-31-15(7-45)67-36(18(42-12(4)47)33(31)70-39-30(59)26(55)21(50)13(5-43)65-39)61-8-16-23(52)32(17(35(60)64-16)41-11(3)46)69-40-34(27(56)22(51)14(6-44)66-40)71-38-29(58)25(54)20(49)10(2)63-38/h9-10,13-40,43-45,48-60H,5-8H2,1-4H3,(H,41,46)(H,42,47)/t9-,10-,13+,14+,15+,16+,17+,18+,19+,20+,21-,22-,23-,24+,25+,26-,27-,28-,29-,30+,31+,32+,33+,34+,35?,36+,37-,38-,39-,40-/m0/s1. The predicted octanol–water partition coefficient (Wildman–Crippen LogP) is -11.8. The number of amides is 2. The minimum Gasteiger partial charge on any atom is -0.394 e. The van der Waals surface area contributed by atoms with Crippen molar-refractivity contribution in [2.45, 2.75) is 212 Å². The van der Waals surface area contributed by atoms with Crippen molar-refractivity contribution in [1.82, 2.24) is 10.6 Å². The minimum absolute atomic E-state index is 0.799. The van der Waals surface area contributed by atoms with Crippen LogP contribution in [-0.4, -0.2) is 304 Å². The third-order valence-corrected chi connectivity index (χ3v) is 13.1. The molecule has 31 nitrogen and oxygen atoms in total. The third kappa shape index (κ3) is 12.6. The Bertz CT molecular complexity index is 1710. The van der Waals surface area contributed by atoms with Crippen LogP contribution >= 0.6 is 0 Å². The van der Waals surface area contributed by atoms with Crippen molar-refractivity contribution in [3.8, 4) is 0 Å². The Hall–Kier alpha value is -2.14. The lowest BCUT2D eigenvalue weighted by Crippen LogP contribution is -2.70. The van der Waals surface area contributed by atoms with Crippen LogP contribution in [0.2, 0.25) is 0 Å². The molecule has 0 aromatic heterocycles. The number of rotatable bonds is 16. The zero-order valence-corrected chi connectivity index (χ0v) is 38.6. The number of carbonyl (C=O) groups is 2. The van der Waals surface area contributed by atoms with Gasteiger partial charge in [0.25, 0.3) is 0 Å². The zero-order chi connectivity index (χ0) is 52.5. The van der Waals surface area contributed by atoms with Crippen LogP contribution in [0.5, 0.6) is 0 Å². The van der Waals surface area contributed by atoms with E-state index in [4.69, 9.17) is 52.1 Å². The lowest BCUT2D eigenvalue weighted by Gasteiger charge is -2.50. The smallest absolute Gasteiger partial charge is 0.217 e. The van der Waals surface area contributed by atoms with E-state index in [0.717, 1.165) is 13.8 Å². The molecule has 1 unspecified atom stereocenters. The molecule has 412 valence electrons. The number of hydrogen-bond acceptors (Lipinski definition) is 29. The summed E-state index contributed by atoms with van der Waals surface area (Å²) in [5, 5.41) is 176. The molecule has 6 fully saturated rings. The monoisotopic (exact) mass is 1040 g/mol. The highest BCUT2D eigenvalue weighted by Gasteiger charge is 2.57.